The number of nitrogens with zero attached hydrogens (tertiary/aromatic N) is 3. The van der Waals surface area contributed by atoms with E-state index in [1.807, 2.05) is 72.2 Å². The molecule has 7 rings (SSSR count). The number of alkyl halides is 1. The lowest BCUT2D eigenvalue weighted by Gasteiger charge is -2.23. The van der Waals surface area contributed by atoms with E-state index in [1.165, 1.54) is 19.3 Å². The van der Waals surface area contributed by atoms with Crippen LogP contribution in [-0.2, 0) is 14.2 Å². The summed E-state index contributed by atoms with van der Waals surface area (Å²) in [7, 11) is 1.64. The van der Waals surface area contributed by atoms with Crippen molar-refractivity contribution in [2.75, 3.05) is 13.7 Å². The molecule has 2 aromatic heterocycles. The molecule has 3 aliphatic rings. The van der Waals surface area contributed by atoms with Crippen LogP contribution in [0.4, 0.5) is 0 Å². The largest absolute Gasteiger partial charge is 0.375 e. The molecule has 2 N–H and O–H groups in total. The van der Waals surface area contributed by atoms with Crippen molar-refractivity contribution in [3.8, 4) is 0 Å². The van der Waals surface area contributed by atoms with E-state index in [0.29, 0.717) is 35.8 Å². The van der Waals surface area contributed by atoms with E-state index in [4.69, 9.17) is 36.2 Å². The molecule has 5 unspecified atom stereocenters. The highest BCUT2D eigenvalue weighted by atomic mass is 35.5. The maximum Gasteiger partial charge on any atom is 0.173 e. The van der Waals surface area contributed by atoms with Crippen molar-refractivity contribution in [1.29, 1.82) is 5.41 Å². The first-order chi connectivity index (χ1) is 18.0. The summed E-state index contributed by atoms with van der Waals surface area (Å²) in [6.45, 7) is 2.37. The van der Waals surface area contributed by atoms with Crippen LogP contribution in [-0.4, -0.2) is 45.4 Å². The van der Waals surface area contributed by atoms with Gasteiger partial charge in [-0.25, -0.2) is 9.97 Å². The minimum atomic E-state index is -0.540. The summed E-state index contributed by atoms with van der Waals surface area (Å²) in [5.41, 5.74) is 2.60. The number of benzene rings is 2. The van der Waals surface area contributed by atoms with Crippen LogP contribution in [0.3, 0.4) is 0 Å². The molecule has 2 aromatic carbocycles. The average molecular weight is 522 g/mol. The molecule has 2 saturated heterocycles. The van der Waals surface area contributed by atoms with Crippen LogP contribution in [0.2, 0.25) is 0 Å². The predicted molar refractivity (Wildman–Crippen MR) is 141 cm³/mol. The van der Waals surface area contributed by atoms with Gasteiger partial charge in [0.15, 0.2) is 22.9 Å². The van der Waals surface area contributed by atoms with Crippen LogP contribution in [0, 0.1) is 5.41 Å². The molecule has 1 saturated carbocycles. The Labute approximate surface area is 221 Å². The number of hydrogen-bond donors (Lipinski definition) is 2. The zero-order chi connectivity index (χ0) is 25.8. The molecule has 4 heterocycles. The molecular weight excluding hydrogens is 490 g/mol. The maximum absolute atomic E-state index is 8.21. The number of rotatable bonds is 8. The Hall–Kier alpha value is -3.04. The van der Waals surface area contributed by atoms with Crippen molar-refractivity contribution in [2.45, 2.75) is 56.1 Å². The molecule has 37 heavy (non-hydrogen) atoms. The molecule has 194 valence electrons. The van der Waals surface area contributed by atoms with Crippen LogP contribution < -0.4 is 5.49 Å². The van der Waals surface area contributed by atoms with Crippen LogP contribution in [0.5, 0.6) is 0 Å². The van der Waals surface area contributed by atoms with E-state index < -0.39 is 11.8 Å². The third kappa shape index (κ3) is 5.78. The first kappa shape index (κ1) is 25.6. The summed E-state index contributed by atoms with van der Waals surface area (Å²) in [6, 6.07) is 19.5. The molecule has 3 fully saturated rings. The lowest BCUT2D eigenvalue weighted by Crippen LogP contribution is -2.25. The van der Waals surface area contributed by atoms with Gasteiger partial charge in [-0.2, -0.15) is 0 Å². The van der Waals surface area contributed by atoms with Gasteiger partial charge < -0.3 is 19.2 Å². The molecule has 1 aliphatic carbocycles. The van der Waals surface area contributed by atoms with E-state index >= 15 is 0 Å². The first-order valence-electron chi connectivity index (χ1n) is 12.6. The second kappa shape index (κ2) is 11.6. The van der Waals surface area contributed by atoms with Crippen LogP contribution in [0.1, 0.15) is 60.8 Å². The molecule has 4 aromatic rings. The fourth-order valence-electron chi connectivity index (χ4n) is 4.71. The van der Waals surface area contributed by atoms with Gasteiger partial charge in [0.05, 0.1) is 18.8 Å². The van der Waals surface area contributed by atoms with Crippen molar-refractivity contribution < 1.29 is 14.2 Å². The molecule has 0 radical (unpaired) electrons. The summed E-state index contributed by atoms with van der Waals surface area (Å²) < 4.78 is 18.7. The van der Waals surface area contributed by atoms with E-state index in [0.717, 1.165) is 11.1 Å². The molecule has 0 spiro atoms. The van der Waals surface area contributed by atoms with Crippen molar-refractivity contribution in [3.05, 3.63) is 89.4 Å². The number of hydrogen-bond acceptors (Lipinski definition) is 6. The Morgan fingerprint density at radius 3 is 2.27 bits per heavy atom. The van der Waals surface area contributed by atoms with Crippen molar-refractivity contribution in [3.63, 3.8) is 0 Å². The quantitative estimate of drug-likeness (QED) is 0.301. The standard InChI is InChI=1S/C23H24ClN5O2.C5H8O/c1-15(13-31-19(24)16-9-5-3-6-10-16)21-27-18-20(25)26-14-29(22(18)28-21)23(30-2)17-11-7-4-8-12-17;1-2-5-3-4(1)6-5/h3-12,14-15,19,23,25H,13H2,1-2H3,(H,27,28);4-5H,1-3H2. The third-order valence-electron chi connectivity index (χ3n) is 6.80. The Morgan fingerprint density at radius 2 is 1.70 bits per heavy atom. The first-order valence-corrected chi connectivity index (χ1v) is 13.0. The predicted octanol–water partition coefficient (Wildman–Crippen LogP) is 5.43. The number of aromatic amines is 1. The number of methoxy groups -OCH3 is 1. The van der Waals surface area contributed by atoms with E-state index in [9.17, 15) is 0 Å². The zero-order valence-corrected chi connectivity index (χ0v) is 21.8. The van der Waals surface area contributed by atoms with Gasteiger partial charge in [-0.15, -0.1) is 0 Å². The molecule has 8 nitrogen and oxygen atoms in total. The fraction of sp³-hybridized carbons (Fsp3) is 0.393. The number of fused-ring (bicyclic) bond motifs is 2. The van der Waals surface area contributed by atoms with Gasteiger partial charge in [0.1, 0.15) is 17.7 Å². The van der Waals surface area contributed by atoms with Crippen molar-refractivity contribution in [2.24, 2.45) is 0 Å². The molecule has 0 amide bonds. The summed E-state index contributed by atoms with van der Waals surface area (Å²) in [4.78, 5) is 12.2. The second-order valence-electron chi connectivity index (χ2n) is 9.47. The summed E-state index contributed by atoms with van der Waals surface area (Å²) in [5.74, 6) is 0.632. The highest BCUT2D eigenvalue weighted by Gasteiger charge is 2.36. The van der Waals surface area contributed by atoms with Crippen LogP contribution in [0.25, 0.3) is 11.2 Å². The van der Waals surface area contributed by atoms with Crippen LogP contribution >= 0.6 is 11.6 Å². The van der Waals surface area contributed by atoms with Crippen LogP contribution in [0.15, 0.2) is 67.0 Å². The van der Waals surface area contributed by atoms with Gasteiger partial charge in [0.25, 0.3) is 0 Å². The number of ether oxygens (including phenoxy) is 3. The maximum atomic E-state index is 8.21. The second-order valence-corrected chi connectivity index (χ2v) is 9.87. The molecular formula is C28H32ClN5O3. The van der Waals surface area contributed by atoms with Gasteiger partial charge in [-0.1, -0.05) is 79.2 Å². The summed E-state index contributed by atoms with van der Waals surface area (Å²) >= 11 is 6.38. The van der Waals surface area contributed by atoms with Gasteiger partial charge in [0, 0.05) is 18.6 Å². The third-order valence-corrected chi connectivity index (χ3v) is 7.18. The number of aromatic nitrogens is 4. The molecule has 2 aliphatic heterocycles. The van der Waals surface area contributed by atoms with Gasteiger partial charge in [-0.3, -0.25) is 9.98 Å². The Balaban J connectivity index is 0.000000403. The van der Waals surface area contributed by atoms with Crippen molar-refractivity contribution >= 4 is 22.8 Å². The van der Waals surface area contributed by atoms with Gasteiger partial charge in [0.2, 0.25) is 0 Å². The van der Waals surface area contributed by atoms with Gasteiger partial charge >= 0.3 is 0 Å². The number of H-pyrrole nitrogens is 1. The Morgan fingerprint density at radius 1 is 1.08 bits per heavy atom. The normalized spacial score (nSPS) is 20.5. The van der Waals surface area contributed by atoms with E-state index in [-0.39, 0.29) is 11.4 Å². The minimum absolute atomic E-state index is 0.0667. The van der Waals surface area contributed by atoms with Gasteiger partial charge in [-0.05, 0) is 24.8 Å². The van der Waals surface area contributed by atoms with E-state index in [1.54, 1.807) is 13.4 Å². The topological polar surface area (TPSA) is 98.0 Å². The molecule has 5 atom stereocenters. The molecule has 2 bridgehead atoms. The highest BCUT2D eigenvalue weighted by Crippen LogP contribution is 2.36. The fourth-order valence-corrected chi connectivity index (χ4v) is 4.93. The minimum Gasteiger partial charge on any atom is -0.375 e. The number of imidazole rings is 1. The Kier molecular flexibility index (Phi) is 8.00. The van der Waals surface area contributed by atoms with E-state index in [2.05, 4.69) is 9.97 Å². The smallest absolute Gasteiger partial charge is 0.173 e. The summed E-state index contributed by atoms with van der Waals surface area (Å²) in [6.07, 6.45) is 6.59. The average Bonchev–Trinajstić information content (AvgIpc) is 3.68. The zero-order valence-electron chi connectivity index (χ0n) is 21.0. The Bertz CT molecular complexity index is 1340. The number of nitrogens with one attached hydrogen (secondary N) is 2. The molecule has 9 heteroatoms. The monoisotopic (exact) mass is 521 g/mol. The summed E-state index contributed by atoms with van der Waals surface area (Å²) in [5, 5.41) is 8.21. The lowest BCUT2D eigenvalue weighted by atomic mass is 10.2. The SMILES string of the molecule is C1CC2CC1O2.COC(c1ccccc1)n1cnc(=N)c2[nH]c(C(C)COC(Cl)c3ccccc3)nc21. The highest BCUT2D eigenvalue weighted by molar-refractivity contribution is 6.19. The number of halogens is 1. The van der Waals surface area contributed by atoms with Crippen molar-refractivity contribution in [1.82, 2.24) is 19.5 Å². The lowest BCUT2D eigenvalue weighted by molar-refractivity contribution is -0.0647.